The highest BCUT2D eigenvalue weighted by molar-refractivity contribution is 5.98. The zero-order valence-electron chi connectivity index (χ0n) is 29.1. The molecule has 0 fully saturated rings. The number of aliphatic carboxylic acids is 1. The van der Waals surface area contributed by atoms with E-state index >= 15 is 0 Å². The monoisotopic (exact) mass is 698 g/mol. The number of hydrogen-bond donors (Lipinski definition) is 2. The van der Waals surface area contributed by atoms with Crippen molar-refractivity contribution in [3.63, 3.8) is 0 Å². The molecule has 0 unspecified atom stereocenters. The lowest BCUT2D eigenvalue weighted by Crippen LogP contribution is -2.35. The van der Waals surface area contributed by atoms with Gasteiger partial charge in [0.25, 0.3) is 5.91 Å². The van der Waals surface area contributed by atoms with Gasteiger partial charge in [-0.05, 0) is 85.1 Å². The van der Waals surface area contributed by atoms with E-state index in [4.69, 9.17) is 14.2 Å². The average Bonchev–Trinajstić information content (AvgIpc) is 3.11. The van der Waals surface area contributed by atoms with Crippen LogP contribution in [0, 0.1) is 12.7 Å². The highest BCUT2D eigenvalue weighted by atomic mass is 19.1. The Morgan fingerprint density at radius 3 is 2.22 bits per heavy atom. The van der Waals surface area contributed by atoms with Crippen LogP contribution in [0.4, 0.5) is 10.1 Å². The third-order valence-electron chi connectivity index (χ3n) is 8.07. The Balaban J connectivity index is 1.33. The number of methoxy groups -OCH3 is 1. The molecule has 2 amide bonds. The lowest BCUT2D eigenvalue weighted by Gasteiger charge is -2.22. The zero-order valence-corrected chi connectivity index (χ0v) is 29.1. The predicted molar refractivity (Wildman–Crippen MR) is 191 cm³/mol. The number of halogens is 1. The van der Waals surface area contributed by atoms with Crippen molar-refractivity contribution in [1.29, 1.82) is 0 Å². The molecule has 0 aliphatic carbocycles. The summed E-state index contributed by atoms with van der Waals surface area (Å²) in [6, 6.07) is 21.9. The van der Waals surface area contributed by atoms with Crippen LogP contribution in [0.15, 0.2) is 84.9 Å². The summed E-state index contributed by atoms with van der Waals surface area (Å²) < 4.78 is 30.0. The van der Waals surface area contributed by atoms with Crippen LogP contribution in [-0.4, -0.2) is 54.0 Å². The number of unbranched alkanes of at least 4 members (excludes halogenated alkanes) is 4. The number of rotatable bonds is 18. The van der Waals surface area contributed by atoms with E-state index in [1.54, 1.807) is 67.6 Å². The van der Waals surface area contributed by atoms with Gasteiger partial charge in [-0.2, -0.15) is 0 Å². The van der Waals surface area contributed by atoms with Crippen LogP contribution in [0.5, 0.6) is 17.2 Å². The van der Waals surface area contributed by atoms with Gasteiger partial charge in [-0.1, -0.05) is 50.8 Å². The van der Waals surface area contributed by atoms with Crippen molar-refractivity contribution in [3.8, 4) is 17.2 Å². The summed E-state index contributed by atoms with van der Waals surface area (Å²) in [4.78, 5) is 51.9. The van der Waals surface area contributed by atoms with Crippen molar-refractivity contribution in [2.24, 2.45) is 0 Å². The van der Waals surface area contributed by atoms with E-state index in [1.165, 1.54) is 55.5 Å². The predicted octanol–water partition coefficient (Wildman–Crippen LogP) is 7.62. The number of carbonyl (C=O) groups excluding carboxylic acids is 3. The molecule has 0 aliphatic rings. The van der Waals surface area contributed by atoms with Crippen molar-refractivity contribution in [2.45, 2.75) is 58.9 Å². The first-order valence-electron chi connectivity index (χ1n) is 16.8. The van der Waals surface area contributed by atoms with E-state index in [0.717, 1.165) is 12.8 Å². The van der Waals surface area contributed by atoms with Crippen molar-refractivity contribution in [3.05, 3.63) is 119 Å². The normalized spacial score (nSPS) is 10.7. The standard InChI is InChI=1S/C40H43FN2O8/c1-4-5-6-7-8-21-50-33-18-12-29(13-19-33)40(48)51-34-16-9-28(10-17-34)25-43(26-38(45)46)39(47)35-20-15-32(22-27(35)2)42-37(44)23-30-11-14-31(41)24-36(30)49-3/h9-20,22,24H,4-8,21,23,25-26H2,1-3H3,(H,42,44)(H,45,46). The van der Waals surface area contributed by atoms with Gasteiger partial charge in [0.2, 0.25) is 5.91 Å². The molecule has 268 valence electrons. The second-order valence-corrected chi connectivity index (χ2v) is 12.1. The Morgan fingerprint density at radius 2 is 1.55 bits per heavy atom. The van der Waals surface area contributed by atoms with E-state index in [2.05, 4.69) is 12.2 Å². The molecule has 0 aliphatic heterocycles. The summed E-state index contributed by atoms with van der Waals surface area (Å²) in [6.45, 7) is 3.92. The molecule has 0 atom stereocenters. The van der Waals surface area contributed by atoms with Gasteiger partial charge in [0.15, 0.2) is 0 Å². The minimum absolute atomic E-state index is 0.0170. The topological polar surface area (TPSA) is 131 Å². The molecule has 2 N–H and O–H groups in total. The van der Waals surface area contributed by atoms with Crippen LogP contribution in [0.25, 0.3) is 0 Å². The lowest BCUT2D eigenvalue weighted by atomic mass is 10.1. The van der Waals surface area contributed by atoms with Crippen LogP contribution in [0.2, 0.25) is 0 Å². The van der Waals surface area contributed by atoms with Gasteiger partial charge >= 0.3 is 11.9 Å². The molecular formula is C40H43FN2O8. The maximum atomic E-state index is 13.5. The average molecular weight is 699 g/mol. The fraction of sp³-hybridized carbons (Fsp3) is 0.300. The second-order valence-electron chi connectivity index (χ2n) is 12.1. The molecule has 4 aromatic carbocycles. The Kier molecular flexibility index (Phi) is 14.1. The quantitative estimate of drug-likeness (QED) is 0.0617. The van der Waals surface area contributed by atoms with E-state index in [9.17, 15) is 28.7 Å². The number of nitrogens with one attached hydrogen (secondary N) is 1. The number of carboxylic acids is 1. The van der Waals surface area contributed by atoms with E-state index < -0.39 is 30.2 Å². The fourth-order valence-corrected chi connectivity index (χ4v) is 5.39. The first-order chi connectivity index (χ1) is 24.6. The maximum absolute atomic E-state index is 13.5. The van der Waals surface area contributed by atoms with Crippen LogP contribution in [0.3, 0.4) is 0 Å². The van der Waals surface area contributed by atoms with E-state index in [1.807, 2.05) is 0 Å². The maximum Gasteiger partial charge on any atom is 0.343 e. The number of carbonyl (C=O) groups is 4. The van der Waals surface area contributed by atoms with Gasteiger partial charge in [0.1, 0.15) is 29.6 Å². The minimum Gasteiger partial charge on any atom is -0.496 e. The van der Waals surface area contributed by atoms with Crippen molar-refractivity contribution in [1.82, 2.24) is 4.90 Å². The van der Waals surface area contributed by atoms with E-state index in [-0.39, 0.29) is 30.2 Å². The van der Waals surface area contributed by atoms with Crippen LogP contribution >= 0.6 is 0 Å². The third-order valence-corrected chi connectivity index (χ3v) is 8.07. The number of anilines is 1. The van der Waals surface area contributed by atoms with Gasteiger partial charge < -0.3 is 29.5 Å². The third kappa shape index (κ3) is 11.7. The number of aryl methyl sites for hydroxylation is 1. The number of amides is 2. The number of ether oxygens (including phenoxy) is 3. The highest BCUT2D eigenvalue weighted by Gasteiger charge is 2.21. The smallest absolute Gasteiger partial charge is 0.343 e. The first-order valence-corrected chi connectivity index (χ1v) is 16.8. The number of hydrogen-bond acceptors (Lipinski definition) is 7. The number of esters is 1. The summed E-state index contributed by atoms with van der Waals surface area (Å²) >= 11 is 0. The molecule has 10 nitrogen and oxygen atoms in total. The zero-order chi connectivity index (χ0) is 36.8. The molecule has 0 saturated carbocycles. The molecule has 51 heavy (non-hydrogen) atoms. The largest absolute Gasteiger partial charge is 0.496 e. The molecule has 0 heterocycles. The molecule has 4 aromatic rings. The van der Waals surface area contributed by atoms with Gasteiger partial charge in [0, 0.05) is 29.4 Å². The van der Waals surface area contributed by atoms with E-state index in [0.29, 0.717) is 46.0 Å². The Morgan fingerprint density at radius 1 is 0.843 bits per heavy atom. The van der Waals surface area contributed by atoms with Crippen molar-refractivity contribution >= 4 is 29.4 Å². The molecule has 0 spiro atoms. The van der Waals surface area contributed by atoms with Crippen LogP contribution < -0.4 is 19.5 Å². The van der Waals surface area contributed by atoms with Crippen molar-refractivity contribution < 1.29 is 42.9 Å². The Hall–Kier alpha value is -5.71. The first kappa shape index (κ1) is 38.1. The van der Waals surface area contributed by atoms with Gasteiger partial charge in [-0.25, -0.2) is 9.18 Å². The van der Waals surface area contributed by atoms with Gasteiger partial charge in [0.05, 0.1) is 25.7 Å². The van der Waals surface area contributed by atoms with Crippen LogP contribution in [0.1, 0.15) is 76.4 Å². The Labute approximate surface area is 297 Å². The molecular weight excluding hydrogens is 655 g/mol. The van der Waals surface area contributed by atoms with Gasteiger partial charge in [-0.3, -0.25) is 14.4 Å². The number of benzene rings is 4. The molecule has 0 saturated heterocycles. The fourth-order valence-electron chi connectivity index (χ4n) is 5.39. The highest BCUT2D eigenvalue weighted by Crippen LogP contribution is 2.23. The minimum atomic E-state index is -1.19. The van der Waals surface area contributed by atoms with Crippen molar-refractivity contribution in [2.75, 3.05) is 25.6 Å². The molecule has 0 radical (unpaired) electrons. The molecule has 0 bridgehead atoms. The van der Waals surface area contributed by atoms with Crippen LogP contribution in [-0.2, 0) is 22.6 Å². The van der Waals surface area contributed by atoms with Gasteiger partial charge in [-0.15, -0.1) is 0 Å². The summed E-state index contributed by atoms with van der Waals surface area (Å²) in [6.07, 6.45) is 5.66. The summed E-state index contributed by atoms with van der Waals surface area (Å²) in [5.74, 6) is -1.85. The summed E-state index contributed by atoms with van der Waals surface area (Å²) in [5.41, 5.74) is 2.72. The summed E-state index contributed by atoms with van der Waals surface area (Å²) in [5, 5.41) is 12.3. The number of carboxylic acid groups (broad SMARTS) is 1. The SMILES string of the molecule is CCCCCCCOc1ccc(C(=O)Oc2ccc(CN(CC(=O)O)C(=O)c3ccc(NC(=O)Cc4ccc(F)cc4OC)cc3C)cc2)cc1. The Bertz CT molecular complexity index is 1810. The number of nitrogens with zero attached hydrogens (tertiary/aromatic N) is 1. The molecule has 4 rings (SSSR count). The molecule has 0 aromatic heterocycles. The lowest BCUT2D eigenvalue weighted by molar-refractivity contribution is -0.137. The molecule has 11 heteroatoms. The second kappa shape index (κ2) is 18.9. The summed E-state index contributed by atoms with van der Waals surface area (Å²) in [7, 11) is 1.39.